The molecule has 0 fully saturated rings. The van der Waals surface area contributed by atoms with Crippen LogP contribution in [-0.4, -0.2) is 4.92 Å². The molecule has 2 aromatic heterocycles. The largest absolute Gasteiger partial charge is 1.00 e. The van der Waals surface area contributed by atoms with Crippen LogP contribution < -0.4 is 28.8 Å². The number of nitrogen functional groups attached to an aromatic ring is 1. The number of nitro benzene ring substituents is 1. The summed E-state index contributed by atoms with van der Waals surface area (Å²) < 4.78 is 5.16. The third kappa shape index (κ3) is 2.71. The van der Waals surface area contributed by atoms with Crippen molar-refractivity contribution in [3.63, 3.8) is 0 Å². The molecule has 3 N–H and O–H groups in total. The fourth-order valence-corrected chi connectivity index (χ4v) is 2.57. The van der Waals surface area contributed by atoms with E-state index in [2.05, 4.69) is 4.98 Å². The predicted octanol–water partition coefficient (Wildman–Crippen LogP) is -1.17. The van der Waals surface area contributed by atoms with Crippen LogP contribution in [0.4, 0.5) is 10.8 Å². The molecule has 0 atom stereocenters. The van der Waals surface area contributed by atoms with Gasteiger partial charge in [0.25, 0.3) is 5.69 Å². The van der Waals surface area contributed by atoms with Gasteiger partial charge in [0.2, 0.25) is 0 Å². The van der Waals surface area contributed by atoms with Gasteiger partial charge in [-0.3, -0.25) is 15.8 Å². The Bertz CT molecular complexity index is 890. The number of thiazole rings is 1. The molecule has 9 heteroatoms. The van der Waals surface area contributed by atoms with Crippen molar-refractivity contribution in [3.05, 3.63) is 51.0 Å². The van der Waals surface area contributed by atoms with Gasteiger partial charge in [0.05, 0.1) is 15.4 Å². The zero-order valence-electron chi connectivity index (χ0n) is 10.3. The Labute approximate surface area is 127 Å². The number of halogens is 1. The molecule has 0 saturated heterocycles. The number of H-pyrrole nitrogens is 1. The highest BCUT2D eigenvalue weighted by atomic mass is 35.5. The molecule has 21 heavy (non-hydrogen) atoms. The second-order valence-electron chi connectivity index (χ2n) is 4.05. The molecule has 0 amide bonds. The first-order valence-corrected chi connectivity index (χ1v) is 6.36. The average molecular weight is 326 g/mol. The van der Waals surface area contributed by atoms with Gasteiger partial charge >= 0.3 is 10.8 Å². The Kier molecular flexibility index (Phi) is 3.92. The first-order chi connectivity index (χ1) is 9.54. The number of nitrogens with two attached hydrogens (primary N) is 1. The summed E-state index contributed by atoms with van der Waals surface area (Å²) in [5, 5.41) is 11.7. The van der Waals surface area contributed by atoms with Gasteiger partial charge in [-0.15, -0.1) is 0 Å². The Morgan fingerprint density at radius 2 is 2.10 bits per heavy atom. The van der Waals surface area contributed by atoms with Gasteiger partial charge in [0.1, 0.15) is 11.8 Å². The first-order valence-electron chi connectivity index (χ1n) is 5.54. The highest BCUT2D eigenvalue weighted by molar-refractivity contribution is 7.18. The zero-order chi connectivity index (χ0) is 14.3. The third-order valence-corrected chi connectivity index (χ3v) is 3.65. The van der Waals surface area contributed by atoms with Crippen LogP contribution in [-0.2, 0) is 0 Å². The van der Waals surface area contributed by atoms with Crippen molar-refractivity contribution < 1.29 is 26.7 Å². The number of aromatic amines is 1. The molecule has 0 unspecified atom stereocenters. The quantitative estimate of drug-likeness (QED) is 0.362. The lowest BCUT2D eigenvalue weighted by molar-refractivity contribution is -0.384. The van der Waals surface area contributed by atoms with E-state index in [1.807, 2.05) is 0 Å². The number of hydrogen-bond acceptors (Lipinski definition) is 6. The van der Waals surface area contributed by atoms with Crippen molar-refractivity contribution in [2.24, 2.45) is 0 Å². The fourth-order valence-electron chi connectivity index (χ4n) is 1.84. The van der Waals surface area contributed by atoms with Crippen LogP contribution in [0.2, 0.25) is 0 Å². The molecule has 108 valence electrons. The van der Waals surface area contributed by atoms with Gasteiger partial charge in [-0.2, -0.15) is 0 Å². The molecule has 0 aliphatic heterocycles. The van der Waals surface area contributed by atoms with Crippen molar-refractivity contribution >= 4 is 33.1 Å². The smallest absolute Gasteiger partial charge is 0.345 e. The van der Waals surface area contributed by atoms with Gasteiger partial charge < -0.3 is 16.8 Å². The first kappa shape index (κ1) is 14.9. The van der Waals surface area contributed by atoms with Crippen molar-refractivity contribution in [2.45, 2.75) is 0 Å². The van der Waals surface area contributed by atoms with E-state index in [0.717, 1.165) is 0 Å². The molecule has 0 aliphatic carbocycles. The number of aromatic nitrogens is 1. The number of nitrogens with zero attached hydrogens (tertiary/aromatic N) is 1. The van der Waals surface area contributed by atoms with Gasteiger partial charge in [0.15, 0.2) is 0 Å². The normalized spacial score (nSPS) is 10.3. The van der Waals surface area contributed by atoms with Crippen LogP contribution in [0.3, 0.4) is 0 Å². The summed E-state index contributed by atoms with van der Waals surface area (Å²) in [4.78, 5) is 25.6. The van der Waals surface area contributed by atoms with E-state index < -0.39 is 10.5 Å². The van der Waals surface area contributed by atoms with Crippen LogP contribution >= 0.6 is 11.3 Å². The molecular formula is C12H8ClN3O4S. The molecule has 3 rings (SSSR count). The summed E-state index contributed by atoms with van der Waals surface area (Å²) in [6.07, 6.45) is 1.59. The standard InChI is InChI=1S/C12H7N3O4S.ClH/c13-12-14-5-10(20-12)8-4-6-3-7(15(17)18)1-2-9(6)19-11(8)16;/h1-5H,(H2,13,14);1H. The van der Waals surface area contributed by atoms with Gasteiger partial charge in [-0.05, 0) is 23.5 Å². The highest BCUT2D eigenvalue weighted by Gasteiger charge is 2.14. The van der Waals surface area contributed by atoms with Crippen molar-refractivity contribution in [3.8, 4) is 10.4 Å². The van der Waals surface area contributed by atoms with E-state index in [1.54, 1.807) is 12.3 Å². The molecule has 2 heterocycles. The van der Waals surface area contributed by atoms with E-state index in [1.165, 1.54) is 29.5 Å². The molecule has 0 aliphatic rings. The molecule has 1 aromatic carbocycles. The van der Waals surface area contributed by atoms with E-state index in [-0.39, 0.29) is 18.1 Å². The van der Waals surface area contributed by atoms with Crippen molar-refractivity contribution in [1.29, 1.82) is 0 Å². The maximum absolute atomic E-state index is 11.9. The van der Waals surface area contributed by atoms with Gasteiger partial charge in [-0.1, -0.05) is 0 Å². The van der Waals surface area contributed by atoms with Crippen LogP contribution in [0.5, 0.6) is 0 Å². The highest BCUT2D eigenvalue weighted by Crippen LogP contribution is 2.27. The SMILES string of the molecule is Nc1[nH+]cc(-c2cc3cc([N+](=O)[O-])ccc3oc2=O)s1.[Cl-]. The molecular weight excluding hydrogens is 318 g/mol. The molecule has 0 bridgehead atoms. The number of fused-ring (bicyclic) bond motifs is 1. The summed E-state index contributed by atoms with van der Waals surface area (Å²) >= 11 is 1.20. The topological polar surface area (TPSA) is 114 Å². The maximum Gasteiger partial charge on any atom is 0.345 e. The van der Waals surface area contributed by atoms with E-state index >= 15 is 0 Å². The summed E-state index contributed by atoms with van der Waals surface area (Å²) in [5.74, 6) is 0. The lowest BCUT2D eigenvalue weighted by Crippen LogP contribution is -3.00. The second-order valence-corrected chi connectivity index (χ2v) is 5.13. The minimum atomic E-state index is -0.512. The van der Waals surface area contributed by atoms with Crippen molar-refractivity contribution in [1.82, 2.24) is 0 Å². The third-order valence-electron chi connectivity index (χ3n) is 2.76. The number of nitro groups is 1. The maximum atomic E-state index is 11.9. The fraction of sp³-hybridized carbons (Fsp3) is 0. The summed E-state index contributed by atoms with van der Waals surface area (Å²) in [6.45, 7) is 0. The van der Waals surface area contributed by atoms with E-state index in [0.29, 0.717) is 26.5 Å². The van der Waals surface area contributed by atoms with Gasteiger partial charge in [0, 0.05) is 17.5 Å². The Morgan fingerprint density at radius 3 is 2.71 bits per heavy atom. The number of benzene rings is 1. The molecule has 0 saturated carbocycles. The zero-order valence-corrected chi connectivity index (χ0v) is 11.9. The lowest BCUT2D eigenvalue weighted by Gasteiger charge is -1.99. The summed E-state index contributed by atoms with van der Waals surface area (Å²) in [5.41, 5.74) is 5.63. The van der Waals surface area contributed by atoms with Crippen LogP contribution in [0, 0.1) is 10.1 Å². The van der Waals surface area contributed by atoms with E-state index in [9.17, 15) is 14.9 Å². The Morgan fingerprint density at radius 1 is 1.33 bits per heavy atom. The number of non-ortho nitro benzene ring substituents is 1. The Hall–Kier alpha value is -2.45. The van der Waals surface area contributed by atoms with E-state index in [4.69, 9.17) is 10.2 Å². The number of anilines is 1. The summed E-state index contributed by atoms with van der Waals surface area (Å²) in [6, 6.07) is 5.63. The molecule has 0 spiro atoms. The summed E-state index contributed by atoms with van der Waals surface area (Å²) in [7, 11) is 0. The molecule has 0 radical (unpaired) electrons. The van der Waals surface area contributed by atoms with Crippen LogP contribution in [0.15, 0.2) is 39.7 Å². The predicted molar refractivity (Wildman–Crippen MR) is 73.4 cm³/mol. The lowest BCUT2D eigenvalue weighted by atomic mass is 10.1. The average Bonchev–Trinajstić information content (AvgIpc) is 2.83. The van der Waals surface area contributed by atoms with Crippen molar-refractivity contribution in [2.75, 3.05) is 5.73 Å². The Balaban J connectivity index is 0.00000161. The number of rotatable bonds is 2. The van der Waals surface area contributed by atoms with Crippen LogP contribution in [0.25, 0.3) is 21.4 Å². The monoisotopic (exact) mass is 325 g/mol. The van der Waals surface area contributed by atoms with Crippen LogP contribution in [0.1, 0.15) is 0 Å². The van der Waals surface area contributed by atoms with Gasteiger partial charge in [-0.25, -0.2) is 9.78 Å². The number of nitrogens with one attached hydrogen (secondary N) is 1. The minimum Gasteiger partial charge on any atom is -1.00 e. The minimum absolute atomic E-state index is 0. The number of hydrogen-bond donors (Lipinski definition) is 1. The molecule has 3 aromatic rings. The molecule has 7 nitrogen and oxygen atoms in total. The second kappa shape index (κ2) is 5.51.